The van der Waals surface area contributed by atoms with Gasteiger partial charge in [-0.3, -0.25) is 0 Å². The first-order valence-electron chi connectivity index (χ1n) is 11.4. The minimum Gasteiger partial charge on any atom is -0.429 e. The highest BCUT2D eigenvalue weighted by Crippen LogP contribution is 2.31. The van der Waals surface area contributed by atoms with Crippen molar-refractivity contribution in [2.24, 2.45) is 0 Å². The number of ether oxygens (including phenoxy) is 2. The van der Waals surface area contributed by atoms with Crippen LogP contribution in [0.3, 0.4) is 0 Å². The van der Waals surface area contributed by atoms with Crippen LogP contribution >= 0.6 is 0 Å². The van der Waals surface area contributed by atoms with Gasteiger partial charge in [0.25, 0.3) is 0 Å². The van der Waals surface area contributed by atoms with Crippen molar-refractivity contribution < 1.29 is 14.3 Å². The maximum atomic E-state index is 12.7. The lowest BCUT2D eigenvalue weighted by Crippen LogP contribution is -2.08. The summed E-state index contributed by atoms with van der Waals surface area (Å²) in [4.78, 5) is 12.7. The fraction of sp³-hybridized carbons (Fsp3) is 0.0645. The van der Waals surface area contributed by atoms with E-state index >= 15 is 0 Å². The third kappa shape index (κ3) is 3.61. The zero-order chi connectivity index (χ0) is 22.9. The van der Waals surface area contributed by atoms with E-state index in [4.69, 9.17) is 9.47 Å². The summed E-state index contributed by atoms with van der Waals surface area (Å²) >= 11 is 0. The molecule has 0 radical (unpaired) electrons. The molecule has 3 heteroatoms. The average molecular weight is 443 g/mol. The Morgan fingerprint density at radius 1 is 0.471 bits per heavy atom. The van der Waals surface area contributed by atoms with Gasteiger partial charge >= 0.3 is 6.16 Å². The van der Waals surface area contributed by atoms with E-state index in [1.54, 1.807) is 0 Å². The van der Waals surface area contributed by atoms with E-state index in [0.717, 1.165) is 54.2 Å². The summed E-state index contributed by atoms with van der Waals surface area (Å²) in [5, 5.41) is 8.79. The first-order valence-corrected chi connectivity index (χ1v) is 11.4. The summed E-state index contributed by atoms with van der Waals surface area (Å²) in [5.74, 6) is 0. The normalized spacial score (nSPS) is 11.3. The van der Waals surface area contributed by atoms with Crippen molar-refractivity contribution in [3.63, 3.8) is 0 Å². The molecule has 6 aromatic rings. The fourth-order valence-electron chi connectivity index (χ4n) is 4.83. The molecule has 0 amide bonds. The Labute approximate surface area is 197 Å². The molecule has 0 aliphatic rings. The molecule has 6 rings (SSSR count). The largest absolute Gasteiger partial charge is 0.508 e. The van der Waals surface area contributed by atoms with E-state index in [-0.39, 0.29) is 13.2 Å². The first kappa shape index (κ1) is 20.3. The molecule has 0 aliphatic heterocycles. The second-order valence-corrected chi connectivity index (χ2v) is 8.42. The number of rotatable bonds is 4. The maximum absolute atomic E-state index is 12.7. The van der Waals surface area contributed by atoms with Gasteiger partial charge in [-0.25, -0.2) is 4.79 Å². The molecular formula is C31H22O3. The lowest BCUT2D eigenvalue weighted by molar-refractivity contribution is 0.0457. The van der Waals surface area contributed by atoms with Crippen LogP contribution in [0, 0.1) is 0 Å². The number of fused-ring (bicyclic) bond motifs is 4. The summed E-state index contributed by atoms with van der Waals surface area (Å²) in [6, 6.07) is 37.0. The summed E-state index contributed by atoms with van der Waals surface area (Å²) in [7, 11) is 0. The Hall–Kier alpha value is -4.37. The quantitative estimate of drug-likeness (QED) is 0.204. The van der Waals surface area contributed by atoms with Gasteiger partial charge in [0.05, 0.1) is 0 Å². The van der Waals surface area contributed by atoms with Crippen molar-refractivity contribution in [2.75, 3.05) is 0 Å². The number of benzene rings is 6. The highest BCUT2D eigenvalue weighted by molar-refractivity contribution is 6.03. The minimum atomic E-state index is -0.672. The molecule has 0 saturated heterocycles. The third-order valence-corrected chi connectivity index (χ3v) is 6.43. The summed E-state index contributed by atoms with van der Waals surface area (Å²) in [5.41, 5.74) is 1.97. The van der Waals surface area contributed by atoms with Crippen molar-refractivity contribution in [3.8, 4) is 0 Å². The second-order valence-electron chi connectivity index (χ2n) is 8.42. The first-order chi connectivity index (χ1) is 16.8. The van der Waals surface area contributed by atoms with E-state index in [1.165, 1.54) is 0 Å². The van der Waals surface area contributed by atoms with Gasteiger partial charge in [-0.05, 0) is 55.2 Å². The monoisotopic (exact) mass is 442 g/mol. The summed E-state index contributed by atoms with van der Waals surface area (Å²) < 4.78 is 11.3. The van der Waals surface area contributed by atoms with Crippen LogP contribution in [0.5, 0.6) is 0 Å². The van der Waals surface area contributed by atoms with Crippen molar-refractivity contribution >= 4 is 49.2 Å². The average Bonchev–Trinajstić information content (AvgIpc) is 2.89. The molecule has 6 aromatic carbocycles. The van der Waals surface area contributed by atoms with Gasteiger partial charge in [0.15, 0.2) is 0 Å². The van der Waals surface area contributed by atoms with E-state index in [9.17, 15) is 4.79 Å². The molecule has 3 nitrogen and oxygen atoms in total. The Morgan fingerprint density at radius 3 is 1.09 bits per heavy atom. The van der Waals surface area contributed by atoms with E-state index < -0.39 is 6.16 Å². The smallest absolute Gasteiger partial charge is 0.429 e. The topological polar surface area (TPSA) is 35.5 Å². The van der Waals surface area contributed by atoms with E-state index in [0.29, 0.717) is 0 Å². The lowest BCUT2D eigenvalue weighted by Gasteiger charge is -2.14. The lowest BCUT2D eigenvalue weighted by atomic mass is 9.97. The third-order valence-electron chi connectivity index (χ3n) is 6.43. The van der Waals surface area contributed by atoms with Gasteiger partial charge in [0.2, 0.25) is 0 Å². The Morgan fingerprint density at radius 2 is 0.765 bits per heavy atom. The van der Waals surface area contributed by atoms with Crippen LogP contribution in [0.25, 0.3) is 43.1 Å². The molecular weight excluding hydrogens is 420 g/mol. The molecule has 0 spiro atoms. The molecule has 0 atom stereocenters. The summed E-state index contributed by atoms with van der Waals surface area (Å²) in [6.07, 6.45) is -0.672. The zero-order valence-corrected chi connectivity index (χ0v) is 18.5. The predicted octanol–water partition coefficient (Wildman–Crippen LogP) is 8.15. The number of hydrogen-bond donors (Lipinski definition) is 0. The predicted molar refractivity (Wildman–Crippen MR) is 138 cm³/mol. The molecule has 0 aromatic heterocycles. The van der Waals surface area contributed by atoms with Crippen LogP contribution in [-0.4, -0.2) is 6.16 Å². The number of carbonyl (C=O) groups is 1. The molecule has 34 heavy (non-hydrogen) atoms. The van der Waals surface area contributed by atoms with Crippen molar-refractivity contribution in [2.45, 2.75) is 13.2 Å². The molecule has 0 bridgehead atoms. The van der Waals surface area contributed by atoms with Crippen LogP contribution < -0.4 is 0 Å². The molecule has 0 fully saturated rings. The van der Waals surface area contributed by atoms with Gasteiger partial charge in [0, 0.05) is 11.1 Å². The standard InChI is InChI=1S/C31H22O3/c32-31(33-19-29-25-13-5-1-9-21(25)17-22-10-2-6-14-26(22)29)34-20-30-27-15-7-3-11-23(27)18-24-12-4-8-16-28(24)30/h1-18H,19-20H2. The van der Waals surface area contributed by atoms with Crippen LogP contribution in [-0.2, 0) is 22.7 Å². The number of hydrogen-bond acceptors (Lipinski definition) is 3. The van der Waals surface area contributed by atoms with Crippen molar-refractivity contribution in [3.05, 3.63) is 120 Å². The van der Waals surface area contributed by atoms with Crippen LogP contribution in [0.4, 0.5) is 4.79 Å². The Bertz CT molecular complexity index is 1450. The van der Waals surface area contributed by atoms with Gasteiger partial charge < -0.3 is 9.47 Å². The van der Waals surface area contributed by atoms with Crippen LogP contribution in [0.1, 0.15) is 11.1 Å². The van der Waals surface area contributed by atoms with Gasteiger partial charge in [-0.15, -0.1) is 0 Å². The van der Waals surface area contributed by atoms with Crippen LogP contribution in [0.15, 0.2) is 109 Å². The Balaban J connectivity index is 1.28. The number of carbonyl (C=O) groups excluding carboxylic acids is 1. The molecule has 0 unspecified atom stereocenters. The minimum absolute atomic E-state index is 0.150. The fourth-order valence-corrected chi connectivity index (χ4v) is 4.83. The Kier molecular flexibility index (Phi) is 5.08. The maximum Gasteiger partial charge on any atom is 0.508 e. The van der Waals surface area contributed by atoms with E-state index in [1.807, 2.05) is 48.5 Å². The van der Waals surface area contributed by atoms with Gasteiger partial charge in [-0.1, -0.05) is 97.1 Å². The van der Waals surface area contributed by atoms with Crippen molar-refractivity contribution in [1.29, 1.82) is 0 Å². The summed E-state index contributed by atoms with van der Waals surface area (Å²) in [6.45, 7) is 0.300. The SMILES string of the molecule is O=C(OCc1c2ccccc2cc2ccccc12)OCc1c2ccccc2cc2ccccc12. The van der Waals surface area contributed by atoms with E-state index in [2.05, 4.69) is 60.7 Å². The second kappa shape index (κ2) is 8.53. The zero-order valence-electron chi connectivity index (χ0n) is 18.5. The van der Waals surface area contributed by atoms with Gasteiger partial charge in [0.1, 0.15) is 13.2 Å². The molecule has 0 heterocycles. The molecule has 164 valence electrons. The van der Waals surface area contributed by atoms with Crippen molar-refractivity contribution in [1.82, 2.24) is 0 Å². The molecule has 0 saturated carbocycles. The highest BCUT2D eigenvalue weighted by atomic mass is 16.7. The van der Waals surface area contributed by atoms with Crippen LogP contribution in [0.2, 0.25) is 0 Å². The highest BCUT2D eigenvalue weighted by Gasteiger charge is 2.13. The van der Waals surface area contributed by atoms with Gasteiger partial charge in [-0.2, -0.15) is 0 Å². The molecule has 0 N–H and O–H groups in total. The molecule has 0 aliphatic carbocycles.